The fraction of sp³-hybridized carbons (Fsp3) is 0.400. The van der Waals surface area contributed by atoms with E-state index in [9.17, 15) is 0 Å². The highest BCUT2D eigenvalue weighted by Gasteiger charge is 1.88. The van der Waals surface area contributed by atoms with Crippen LogP contribution in [0.15, 0.2) is 24.3 Å². The molecule has 0 spiro atoms. The van der Waals surface area contributed by atoms with Crippen molar-refractivity contribution in [2.24, 2.45) is 0 Å². The predicted octanol–water partition coefficient (Wildman–Crippen LogP) is 2.40. The number of anilines is 1. The van der Waals surface area contributed by atoms with E-state index in [0.717, 1.165) is 12.3 Å². The van der Waals surface area contributed by atoms with Crippen molar-refractivity contribution in [1.29, 1.82) is 0 Å². The molecule has 0 aliphatic rings. The lowest BCUT2D eigenvalue weighted by Crippen LogP contribution is -2.05. The fourth-order valence-electron chi connectivity index (χ4n) is 0.908. The van der Waals surface area contributed by atoms with Gasteiger partial charge in [0.15, 0.2) is 0 Å². The van der Waals surface area contributed by atoms with Crippen molar-refractivity contribution in [2.45, 2.75) is 13.8 Å². The number of nitrogens with one attached hydrogen (secondary N) is 1. The van der Waals surface area contributed by atoms with E-state index in [4.69, 9.17) is 4.74 Å². The van der Waals surface area contributed by atoms with Gasteiger partial charge in [0, 0.05) is 12.3 Å². The summed E-state index contributed by atoms with van der Waals surface area (Å²) in [5.74, 6) is 0. The van der Waals surface area contributed by atoms with Gasteiger partial charge >= 0.3 is 0 Å². The zero-order chi connectivity index (χ0) is 8.81. The molecule has 1 rings (SSSR count). The lowest BCUT2D eigenvalue weighted by Gasteiger charge is -2.05. The van der Waals surface area contributed by atoms with E-state index >= 15 is 0 Å². The van der Waals surface area contributed by atoms with E-state index in [-0.39, 0.29) is 0 Å². The number of ether oxygens (including phenoxy) is 1. The van der Waals surface area contributed by atoms with Crippen molar-refractivity contribution in [1.82, 2.24) is 0 Å². The summed E-state index contributed by atoms with van der Waals surface area (Å²) in [6.45, 7) is 5.39. The Morgan fingerprint density at radius 3 is 2.50 bits per heavy atom. The van der Waals surface area contributed by atoms with Crippen LogP contribution in [0.1, 0.15) is 12.5 Å². The van der Waals surface area contributed by atoms with Crippen LogP contribution in [-0.2, 0) is 4.74 Å². The van der Waals surface area contributed by atoms with E-state index in [0.29, 0.717) is 6.73 Å². The van der Waals surface area contributed by atoms with Crippen LogP contribution in [0.5, 0.6) is 0 Å². The number of hydrogen-bond acceptors (Lipinski definition) is 2. The van der Waals surface area contributed by atoms with Gasteiger partial charge in [0.2, 0.25) is 0 Å². The van der Waals surface area contributed by atoms with Gasteiger partial charge in [-0.3, -0.25) is 0 Å². The van der Waals surface area contributed by atoms with Gasteiger partial charge in [0.1, 0.15) is 6.73 Å². The molecular weight excluding hydrogens is 150 g/mol. The first-order valence-corrected chi connectivity index (χ1v) is 4.21. The fourth-order valence-corrected chi connectivity index (χ4v) is 0.908. The third-order valence-electron chi connectivity index (χ3n) is 1.63. The van der Waals surface area contributed by atoms with Gasteiger partial charge < -0.3 is 10.1 Å². The number of benzene rings is 1. The molecule has 0 saturated carbocycles. The van der Waals surface area contributed by atoms with E-state index in [1.807, 2.05) is 19.1 Å². The first kappa shape index (κ1) is 9.07. The van der Waals surface area contributed by atoms with Crippen LogP contribution in [0.2, 0.25) is 0 Å². The van der Waals surface area contributed by atoms with Crippen molar-refractivity contribution >= 4 is 5.69 Å². The SMILES string of the molecule is CCOCNc1ccc(C)cc1. The molecule has 0 amide bonds. The molecule has 0 bridgehead atoms. The highest BCUT2D eigenvalue weighted by molar-refractivity contribution is 5.43. The van der Waals surface area contributed by atoms with Crippen molar-refractivity contribution in [3.63, 3.8) is 0 Å². The molecule has 1 aromatic carbocycles. The quantitative estimate of drug-likeness (QED) is 0.546. The summed E-state index contributed by atoms with van der Waals surface area (Å²) in [5.41, 5.74) is 2.38. The molecule has 0 aromatic heterocycles. The van der Waals surface area contributed by atoms with E-state index in [2.05, 4.69) is 24.4 Å². The van der Waals surface area contributed by atoms with Crippen LogP contribution in [-0.4, -0.2) is 13.3 Å². The Kier molecular flexibility index (Phi) is 3.61. The van der Waals surface area contributed by atoms with Crippen LogP contribution >= 0.6 is 0 Å². The Morgan fingerprint density at radius 1 is 1.25 bits per heavy atom. The number of hydrogen-bond donors (Lipinski definition) is 1. The Hall–Kier alpha value is -1.02. The molecule has 12 heavy (non-hydrogen) atoms. The molecule has 2 nitrogen and oxygen atoms in total. The Balaban J connectivity index is 2.37. The summed E-state index contributed by atoms with van der Waals surface area (Å²) in [5, 5.41) is 3.15. The van der Waals surface area contributed by atoms with E-state index in [1.54, 1.807) is 0 Å². The van der Waals surface area contributed by atoms with Gasteiger partial charge in [-0.25, -0.2) is 0 Å². The highest BCUT2D eigenvalue weighted by Crippen LogP contribution is 2.07. The standard InChI is InChI=1S/C10H15NO/c1-3-12-8-11-10-6-4-9(2)5-7-10/h4-7,11H,3,8H2,1-2H3. The minimum Gasteiger partial charge on any atom is -0.363 e. The molecule has 0 unspecified atom stereocenters. The summed E-state index contributed by atoms with van der Waals surface area (Å²) in [7, 11) is 0. The second kappa shape index (κ2) is 4.78. The normalized spacial score (nSPS) is 9.83. The Labute approximate surface area is 73.6 Å². The molecule has 66 valence electrons. The van der Waals surface area contributed by atoms with Gasteiger partial charge in [-0.2, -0.15) is 0 Å². The van der Waals surface area contributed by atoms with Crippen molar-refractivity contribution in [3.05, 3.63) is 29.8 Å². The zero-order valence-electron chi connectivity index (χ0n) is 7.63. The minimum absolute atomic E-state index is 0.583. The molecule has 0 saturated heterocycles. The molecule has 0 aliphatic heterocycles. The molecule has 1 N–H and O–H groups in total. The Bertz CT molecular complexity index is 218. The summed E-state index contributed by atoms with van der Waals surface area (Å²) in [4.78, 5) is 0. The van der Waals surface area contributed by atoms with Crippen molar-refractivity contribution in [2.75, 3.05) is 18.7 Å². The molecule has 0 fully saturated rings. The maximum Gasteiger partial charge on any atom is 0.116 e. The zero-order valence-corrected chi connectivity index (χ0v) is 7.63. The molecule has 0 atom stereocenters. The second-order valence-corrected chi connectivity index (χ2v) is 2.68. The first-order valence-electron chi connectivity index (χ1n) is 4.21. The summed E-state index contributed by atoms with van der Waals surface area (Å²) in [6.07, 6.45) is 0. The average molecular weight is 165 g/mol. The van der Waals surface area contributed by atoms with E-state index < -0.39 is 0 Å². The minimum atomic E-state index is 0.583. The predicted molar refractivity (Wildman–Crippen MR) is 51.3 cm³/mol. The lowest BCUT2D eigenvalue weighted by atomic mass is 10.2. The third kappa shape index (κ3) is 2.93. The van der Waals surface area contributed by atoms with Gasteiger partial charge in [0.05, 0.1) is 0 Å². The smallest absolute Gasteiger partial charge is 0.116 e. The number of aryl methyl sites for hydroxylation is 1. The molecule has 0 heterocycles. The van der Waals surface area contributed by atoms with Crippen LogP contribution in [0, 0.1) is 6.92 Å². The van der Waals surface area contributed by atoms with Gasteiger partial charge in [-0.1, -0.05) is 17.7 Å². The largest absolute Gasteiger partial charge is 0.363 e. The van der Waals surface area contributed by atoms with Crippen LogP contribution in [0.25, 0.3) is 0 Å². The van der Waals surface area contributed by atoms with Gasteiger partial charge in [0.25, 0.3) is 0 Å². The molecular formula is C10H15NO. The first-order chi connectivity index (χ1) is 5.83. The molecule has 1 aromatic rings. The second-order valence-electron chi connectivity index (χ2n) is 2.68. The van der Waals surface area contributed by atoms with Crippen molar-refractivity contribution < 1.29 is 4.74 Å². The number of rotatable bonds is 4. The van der Waals surface area contributed by atoms with Crippen LogP contribution in [0.4, 0.5) is 5.69 Å². The lowest BCUT2D eigenvalue weighted by molar-refractivity contribution is 0.167. The maximum atomic E-state index is 5.16. The van der Waals surface area contributed by atoms with Crippen molar-refractivity contribution in [3.8, 4) is 0 Å². The molecule has 0 aliphatic carbocycles. The Morgan fingerprint density at radius 2 is 1.92 bits per heavy atom. The van der Waals surface area contributed by atoms with Gasteiger partial charge in [-0.15, -0.1) is 0 Å². The summed E-state index contributed by atoms with van der Waals surface area (Å²) < 4.78 is 5.16. The third-order valence-corrected chi connectivity index (χ3v) is 1.63. The van der Waals surface area contributed by atoms with Gasteiger partial charge in [-0.05, 0) is 26.0 Å². The van der Waals surface area contributed by atoms with Crippen LogP contribution < -0.4 is 5.32 Å². The molecule has 2 heteroatoms. The summed E-state index contributed by atoms with van der Waals surface area (Å²) in [6, 6.07) is 8.26. The monoisotopic (exact) mass is 165 g/mol. The average Bonchev–Trinajstić information content (AvgIpc) is 2.09. The molecule has 0 radical (unpaired) electrons. The summed E-state index contributed by atoms with van der Waals surface area (Å²) >= 11 is 0. The maximum absolute atomic E-state index is 5.16. The topological polar surface area (TPSA) is 21.3 Å². The highest BCUT2D eigenvalue weighted by atomic mass is 16.5. The van der Waals surface area contributed by atoms with E-state index in [1.165, 1.54) is 5.56 Å². The van der Waals surface area contributed by atoms with Crippen LogP contribution in [0.3, 0.4) is 0 Å².